The van der Waals surface area contributed by atoms with E-state index in [4.69, 9.17) is 4.42 Å². The molecule has 39 heavy (non-hydrogen) atoms. The van der Waals surface area contributed by atoms with Crippen LogP contribution in [-0.2, 0) is 35.1 Å². The van der Waals surface area contributed by atoms with Gasteiger partial charge in [0.25, 0.3) is 5.91 Å². The number of carbonyl (C=O) groups excluding carboxylic acids is 2. The van der Waals surface area contributed by atoms with Gasteiger partial charge in [0.15, 0.2) is 5.76 Å². The number of nitrogens with one attached hydrogen (secondary N) is 2. The maximum Gasteiger partial charge on any atom is 0.471 e. The van der Waals surface area contributed by atoms with E-state index in [0.29, 0.717) is 23.3 Å². The van der Waals surface area contributed by atoms with Crippen molar-refractivity contribution in [1.82, 2.24) is 10.6 Å². The normalized spacial score (nSPS) is 15.9. The molecule has 4 rings (SSSR count). The third-order valence-electron chi connectivity index (χ3n) is 7.71. The minimum atomic E-state index is -4.93. The second-order valence-electron chi connectivity index (χ2n) is 11.7. The topological polar surface area (TPSA) is 71.3 Å². The van der Waals surface area contributed by atoms with Gasteiger partial charge < -0.3 is 15.1 Å². The molecule has 1 aliphatic carbocycles. The molecule has 1 aromatic heterocycles. The highest BCUT2D eigenvalue weighted by Gasteiger charge is 2.38. The highest BCUT2D eigenvalue weighted by atomic mass is 19.4. The first kappa shape index (κ1) is 28.5. The van der Waals surface area contributed by atoms with E-state index in [-0.39, 0.29) is 35.6 Å². The summed E-state index contributed by atoms with van der Waals surface area (Å²) in [5.41, 5.74) is 6.58. The van der Waals surface area contributed by atoms with Crippen LogP contribution in [0.3, 0.4) is 0 Å². The molecule has 208 valence electrons. The molecule has 0 fully saturated rings. The summed E-state index contributed by atoms with van der Waals surface area (Å²) in [6, 6.07) is 14.7. The number of carbonyl (C=O) groups is 2. The Kier molecular flexibility index (Phi) is 7.70. The molecule has 0 bridgehead atoms. The SMILES string of the molecule is Cc1cc2c(cc1Cc1ccc(C(=O)NCc3cccc(CNC(=O)C(F)(F)F)c3)o1)C(C)(C)CCC2(C)C. The smallest absolute Gasteiger partial charge is 0.456 e. The van der Waals surface area contributed by atoms with E-state index < -0.39 is 12.1 Å². The summed E-state index contributed by atoms with van der Waals surface area (Å²) in [5, 5.41) is 4.62. The van der Waals surface area contributed by atoms with Crippen LogP contribution in [0.15, 0.2) is 52.9 Å². The van der Waals surface area contributed by atoms with Gasteiger partial charge in [-0.05, 0) is 76.1 Å². The second kappa shape index (κ2) is 10.5. The lowest BCUT2D eigenvalue weighted by molar-refractivity contribution is -0.173. The number of furan rings is 1. The largest absolute Gasteiger partial charge is 0.471 e. The van der Waals surface area contributed by atoms with Crippen LogP contribution in [0.5, 0.6) is 0 Å². The summed E-state index contributed by atoms with van der Waals surface area (Å²) < 4.78 is 43.1. The van der Waals surface area contributed by atoms with Crippen molar-refractivity contribution in [2.24, 2.45) is 0 Å². The average molecular weight is 541 g/mol. The molecule has 0 radical (unpaired) electrons. The van der Waals surface area contributed by atoms with Gasteiger partial charge in [0.1, 0.15) is 5.76 Å². The van der Waals surface area contributed by atoms with Crippen LogP contribution in [0.1, 0.15) is 90.2 Å². The highest BCUT2D eigenvalue weighted by Crippen LogP contribution is 2.46. The lowest BCUT2D eigenvalue weighted by Crippen LogP contribution is -2.36. The van der Waals surface area contributed by atoms with Crippen molar-refractivity contribution in [3.05, 3.63) is 93.4 Å². The molecule has 2 N–H and O–H groups in total. The Balaban J connectivity index is 1.39. The zero-order chi connectivity index (χ0) is 28.6. The molecule has 3 aromatic rings. The Morgan fingerprint density at radius 1 is 0.872 bits per heavy atom. The van der Waals surface area contributed by atoms with E-state index in [9.17, 15) is 22.8 Å². The molecule has 5 nitrogen and oxygen atoms in total. The van der Waals surface area contributed by atoms with Gasteiger partial charge in [0, 0.05) is 19.5 Å². The first-order valence-corrected chi connectivity index (χ1v) is 13.1. The van der Waals surface area contributed by atoms with Crippen LogP contribution in [0.4, 0.5) is 13.2 Å². The van der Waals surface area contributed by atoms with Crippen LogP contribution in [0, 0.1) is 6.92 Å². The van der Waals surface area contributed by atoms with Gasteiger partial charge in [-0.1, -0.05) is 64.1 Å². The zero-order valence-electron chi connectivity index (χ0n) is 23.0. The molecule has 0 unspecified atom stereocenters. The van der Waals surface area contributed by atoms with Crippen LogP contribution in [0.2, 0.25) is 0 Å². The summed E-state index contributed by atoms with van der Waals surface area (Å²) in [6.45, 7) is 11.2. The van der Waals surface area contributed by atoms with Crippen molar-refractivity contribution in [2.45, 2.75) is 84.0 Å². The van der Waals surface area contributed by atoms with Gasteiger partial charge in [-0.2, -0.15) is 13.2 Å². The summed E-state index contributed by atoms with van der Waals surface area (Å²) in [6.07, 6.45) is -2.07. The predicted molar refractivity (Wildman–Crippen MR) is 143 cm³/mol. The van der Waals surface area contributed by atoms with E-state index in [1.807, 2.05) is 11.4 Å². The molecule has 0 saturated heterocycles. The van der Waals surface area contributed by atoms with E-state index in [1.165, 1.54) is 22.3 Å². The molecule has 2 aromatic carbocycles. The molecule has 1 aliphatic rings. The standard InChI is InChI=1S/C31H35F3N2O3/c1-19-13-24-25(30(4,5)12-11-29(24,2)3)16-22(19)15-23-9-10-26(39-23)27(37)35-17-20-7-6-8-21(14-20)18-36-28(38)31(32,33)34/h6-10,13-14,16H,11-12,15,17-18H2,1-5H3,(H,35,37)(H,36,38). The fourth-order valence-electron chi connectivity index (χ4n) is 5.14. The molecule has 0 aliphatic heterocycles. The van der Waals surface area contributed by atoms with E-state index in [2.05, 4.69) is 52.1 Å². The van der Waals surface area contributed by atoms with Gasteiger partial charge >= 0.3 is 12.1 Å². The fourth-order valence-corrected chi connectivity index (χ4v) is 5.14. The predicted octanol–water partition coefficient (Wildman–Crippen LogP) is 6.64. The lowest BCUT2D eigenvalue weighted by atomic mass is 9.62. The molecule has 0 spiro atoms. The third-order valence-corrected chi connectivity index (χ3v) is 7.71. The number of hydrogen-bond acceptors (Lipinski definition) is 3. The number of benzene rings is 2. The van der Waals surface area contributed by atoms with Crippen molar-refractivity contribution in [1.29, 1.82) is 0 Å². The second-order valence-corrected chi connectivity index (χ2v) is 11.7. The van der Waals surface area contributed by atoms with Crippen molar-refractivity contribution in [3.8, 4) is 0 Å². The third kappa shape index (κ3) is 6.54. The number of amides is 2. The van der Waals surface area contributed by atoms with Crippen molar-refractivity contribution < 1.29 is 27.2 Å². The minimum Gasteiger partial charge on any atom is -0.456 e. The first-order valence-electron chi connectivity index (χ1n) is 13.1. The van der Waals surface area contributed by atoms with Gasteiger partial charge in [0.05, 0.1) is 0 Å². The van der Waals surface area contributed by atoms with Gasteiger partial charge in [-0.3, -0.25) is 9.59 Å². The molecule has 0 saturated carbocycles. The van der Waals surface area contributed by atoms with Gasteiger partial charge in [-0.25, -0.2) is 0 Å². The zero-order valence-corrected chi connectivity index (χ0v) is 23.0. The fraction of sp³-hybridized carbons (Fsp3) is 0.419. The Morgan fingerprint density at radius 3 is 2.08 bits per heavy atom. The summed E-state index contributed by atoms with van der Waals surface area (Å²) in [4.78, 5) is 23.8. The highest BCUT2D eigenvalue weighted by molar-refractivity contribution is 5.91. The number of alkyl halides is 3. The van der Waals surface area contributed by atoms with Crippen LogP contribution >= 0.6 is 0 Å². The monoisotopic (exact) mass is 540 g/mol. The molecular weight excluding hydrogens is 505 g/mol. The molecule has 1 heterocycles. The lowest BCUT2D eigenvalue weighted by Gasteiger charge is -2.42. The number of rotatable bonds is 7. The van der Waals surface area contributed by atoms with Gasteiger partial charge in [-0.15, -0.1) is 0 Å². The maximum absolute atomic E-state index is 12.7. The quantitative estimate of drug-likeness (QED) is 0.353. The van der Waals surface area contributed by atoms with E-state index in [0.717, 1.165) is 12.8 Å². The Morgan fingerprint density at radius 2 is 1.46 bits per heavy atom. The first-order chi connectivity index (χ1) is 18.2. The molecule has 8 heteroatoms. The van der Waals surface area contributed by atoms with Crippen LogP contribution in [0.25, 0.3) is 0 Å². The summed E-state index contributed by atoms with van der Waals surface area (Å²) in [5.74, 6) is -1.50. The number of fused-ring (bicyclic) bond motifs is 1. The minimum absolute atomic E-state index is 0.0999. The molecule has 2 amide bonds. The van der Waals surface area contributed by atoms with Gasteiger partial charge in [0.2, 0.25) is 0 Å². The Hall–Kier alpha value is -3.55. The van der Waals surface area contributed by atoms with Crippen LogP contribution < -0.4 is 10.6 Å². The average Bonchev–Trinajstić information content (AvgIpc) is 3.33. The van der Waals surface area contributed by atoms with Crippen LogP contribution in [-0.4, -0.2) is 18.0 Å². The van der Waals surface area contributed by atoms with Crippen molar-refractivity contribution in [3.63, 3.8) is 0 Å². The maximum atomic E-state index is 12.7. The number of halogens is 3. The van der Waals surface area contributed by atoms with E-state index in [1.54, 1.807) is 30.3 Å². The molecular formula is C31H35F3N2O3. The molecule has 0 atom stereocenters. The summed E-state index contributed by atoms with van der Waals surface area (Å²) >= 11 is 0. The number of hydrogen-bond donors (Lipinski definition) is 2. The summed E-state index contributed by atoms with van der Waals surface area (Å²) in [7, 11) is 0. The Bertz CT molecular complexity index is 1390. The van der Waals surface area contributed by atoms with Crippen molar-refractivity contribution in [2.75, 3.05) is 0 Å². The Labute approximate surface area is 227 Å². The van der Waals surface area contributed by atoms with Crippen molar-refractivity contribution >= 4 is 11.8 Å². The number of aryl methyl sites for hydroxylation is 1. The van der Waals surface area contributed by atoms with E-state index >= 15 is 0 Å².